The Kier molecular flexibility index (Phi) is 4.57. The number of benzene rings is 1. The first-order valence-corrected chi connectivity index (χ1v) is 6.92. The summed E-state index contributed by atoms with van der Waals surface area (Å²) < 4.78 is 0.996. The number of quaternary nitrogens is 1. The number of halogens is 1. The Bertz CT molecular complexity index is 372. The second-order valence-corrected chi connectivity index (χ2v) is 5.39. The standard InChI is InChI=1S/C13H17BrN2O/c14-12-5-3-11(4-6-12)13(17)15-7-10-16-8-1-2-9-16/h3-6H,1-2,7-10H2,(H,15,17)/p+1. The fourth-order valence-electron chi connectivity index (χ4n) is 2.18. The van der Waals surface area contributed by atoms with Gasteiger partial charge in [0.25, 0.3) is 5.91 Å². The number of nitrogens with one attached hydrogen (secondary N) is 2. The van der Waals surface area contributed by atoms with Gasteiger partial charge in [0, 0.05) is 22.9 Å². The summed E-state index contributed by atoms with van der Waals surface area (Å²) in [5, 5.41) is 2.97. The molecular formula is C13H18BrN2O+. The van der Waals surface area contributed by atoms with Crippen LogP contribution in [0.5, 0.6) is 0 Å². The molecule has 1 heterocycles. The molecule has 4 heteroatoms. The second-order valence-electron chi connectivity index (χ2n) is 4.47. The van der Waals surface area contributed by atoms with Crippen molar-refractivity contribution >= 4 is 21.8 Å². The Labute approximate surface area is 110 Å². The van der Waals surface area contributed by atoms with Crippen LogP contribution < -0.4 is 10.2 Å². The van der Waals surface area contributed by atoms with Gasteiger partial charge in [0.05, 0.1) is 26.2 Å². The molecule has 1 amide bonds. The molecule has 17 heavy (non-hydrogen) atoms. The third-order valence-electron chi connectivity index (χ3n) is 3.18. The molecule has 2 rings (SSSR count). The third-order valence-corrected chi connectivity index (χ3v) is 3.71. The Morgan fingerprint density at radius 3 is 2.53 bits per heavy atom. The Morgan fingerprint density at radius 1 is 1.24 bits per heavy atom. The molecule has 0 saturated carbocycles. The third kappa shape index (κ3) is 3.82. The first kappa shape index (κ1) is 12.6. The molecule has 0 bridgehead atoms. The van der Waals surface area contributed by atoms with Crippen LogP contribution in [0.15, 0.2) is 28.7 Å². The van der Waals surface area contributed by atoms with E-state index in [1.54, 1.807) is 4.90 Å². The van der Waals surface area contributed by atoms with E-state index in [9.17, 15) is 4.79 Å². The van der Waals surface area contributed by atoms with Crippen LogP contribution in [-0.4, -0.2) is 32.1 Å². The van der Waals surface area contributed by atoms with E-state index < -0.39 is 0 Å². The van der Waals surface area contributed by atoms with Gasteiger partial charge in [-0.05, 0) is 24.3 Å². The predicted molar refractivity (Wildman–Crippen MR) is 71.3 cm³/mol. The molecule has 2 N–H and O–H groups in total. The van der Waals surface area contributed by atoms with Crippen LogP contribution in [0.25, 0.3) is 0 Å². The van der Waals surface area contributed by atoms with Crippen molar-refractivity contribution in [1.29, 1.82) is 0 Å². The lowest BCUT2D eigenvalue weighted by Crippen LogP contribution is -3.10. The van der Waals surface area contributed by atoms with Gasteiger partial charge in [0.1, 0.15) is 0 Å². The molecule has 0 atom stereocenters. The first-order chi connectivity index (χ1) is 8.25. The zero-order chi connectivity index (χ0) is 12.1. The Balaban J connectivity index is 1.75. The predicted octanol–water partition coefficient (Wildman–Crippen LogP) is 0.858. The van der Waals surface area contributed by atoms with Crippen LogP contribution in [0.4, 0.5) is 0 Å². The summed E-state index contributed by atoms with van der Waals surface area (Å²) in [5.74, 6) is 0.0242. The van der Waals surface area contributed by atoms with Crippen LogP contribution in [-0.2, 0) is 0 Å². The summed E-state index contributed by atoms with van der Waals surface area (Å²) in [6.45, 7) is 4.33. The van der Waals surface area contributed by atoms with Crippen LogP contribution in [0.1, 0.15) is 23.2 Å². The molecule has 0 unspecified atom stereocenters. The van der Waals surface area contributed by atoms with Crippen molar-refractivity contribution in [2.75, 3.05) is 26.2 Å². The van der Waals surface area contributed by atoms with Gasteiger partial charge in [-0.15, -0.1) is 0 Å². The zero-order valence-electron chi connectivity index (χ0n) is 9.84. The average Bonchev–Trinajstić information content (AvgIpc) is 2.83. The smallest absolute Gasteiger partial charge is 0.251 e. The molecule has 3 nitrogen and oxygen atoms in total. The van der Waals surface area contributed by atoms with E-state index in [-0.39, 0.29) is 5.91 Å². The fourth-order valence-corrected chi connectivity index (χ4v) is 2.45. The van der Waals surface area contributed by atoms with Crippen molar-refractivity contribution in [2.45, 2.75) is 12.8 Å². The molecular weight excluding hydrogens is 280 g/mol. The van der Waals surface area contributed by atoms with Crippen molar-refractivity contribution in [3.8, 4) is 0 Å². The normalized spacial score (nSPS) is 16.1. The van der Waals surface area contributed by atoms with Crippen LogP contribution in [0.2, 0.25) is 0 Å². The van der Waals surface area contributed by atoms with E-state index in [4.69, 9.17) is 0 Å². The summed E-state index contributed by atoms with van der Waals surface area (Å²) in [6.07, 6.45) is 2.66. The summed E-state index contributed by atoms with van der Waals surface area (Å²) >= 11 is 3.36. The monoisotopic (exact) mass is 297 g/mol. The van der Waals surface area contributed by atoms with Gasteiger partial charge in [-0.1, -0.05) is 15.9 Å². The van der Waals surface area contributed by atoms with Crippen molar-refractivity contribution in [2.24, 2.45) is 0 Å². The Hall–Kier alpha value is -0.870. The van der Waals surface area contributed by atoms with Gasteiger partial charge >= 0.3 is 0 Å². The quantitative estimate of drug-likeness (QED) is 0.849. The molecule has 1 aliphatic rings. The lowest BCUT2D eigenvalue weighted by molar-refractivity contribution is -0.886. The number of amides is 1. The molecule has 1 aromatic carbocycles. The van der Waals surface area contributed by atoms with E-state index in [0.717, 1.165) is 23.1 Å². The van der Waals surface area contributed by atoms with E-state index in [0.29, 0.717) is 0 Å². The maximum atomic E-state index is 11.8. The van der Waals surface area contributed by atoms with E-state index in [1.807, 2.05) is 24.3 Å². The maximum Gasteiger partial charge on any atom is 0.251 e. The van der Waals surface area contributed by atoms with Gasteiger partial charge in [0.2, 0.25) is 0 Å². The highest BCUT2D eigenvalue weighted by Crippen LogP contribution is 2.10. The van der Waals surface area contributed by atoms with Crippen molar-refractivity contribution in [1.82, 2.24) is 5.32 Å². The maximum absolute atomic E-state index is 11.8. The summed E-state index contributed by atoms with van der Waals surface area (Å²) in [5.41, 5.74) is 0.727. The van der Waals surface area contributed by atoms with Crippen LogP contribution >= 0.6 is 15.9 Å². The number of likely N-dealkylation sites (tertiary alicyclic amines) is 1. The summed E-state index contributed by atoms with van der Waals surface area (Å²) in [7, 11) is 0. The minimum Gasteiger partial charge on any atom is -0.346 e. The second kappa shape index (κ2) is 6.17. The molecule has 0 spiro atoms. The van der Waals surface area contributed by atoms with Crippen molar-refractivity contribution in [3.05, 3.63) is 34.3 Å². The topological polar surface area (TPSA) is 33.5 Å². The molecule has 1 saturated heterocycles. The van der Waals surface area contributed by atoms with Gasteiger partial charge in [-0.25, -0.2) is 0 Å². The lowest BCUT2D eigenvalue weighted by Gasteiger charge is -2.12. The average molecular weight is 298 g/mol. The fraction of sp³-hybridized carbons (Fsp3) is 0.462. The highest BCUT2D eigenvalue weighted by molar-refractivity contribution is 9.10. The molecule has 1 aromatic rings. The molecule has 0 radical (unpaired) electrons. The van der Waals surface area contributed by atoms with E-state index >= 15 is 0 Å². The highest BCUT2D eigenvalue weighted by Gasteiger charge is 2.14. The van der Waals surface area contributed by atoms with Crippen molar-refractivity contribution in [3.63, 3.8) is 0 Å². The van der Waals surface area contributed by atoms with Gasteiger partial charge in [-0.3, -0.25) is 4.79 Å². The zero-order valence-corrected chi connectivity index (χ0v) is 11.4. The van der Waals surface area contributed by atoms with Gasteiger partial charge in [-0.2, -0.15) is 0 Å². The minimum atomic E-state index is 0.0242. The van der Waals surface area contributed by atoms with Crippen molar-refractivity contribution < 1.29 is 9.69 Å². The van der Waals surface area contributed by atoms with Crippen LogP contribution in [0.3, 0.4) is 0 Å². The lowest BCUT2D eigenvalue weighted by atomic mass is 10.2. The van der Waals surface area contributed by atoms with Gasteiger partial charge in [0.15, 0.2) is 0 Å². The summed E-state index contributed by atoms with van der Waals surface area (Å²) in [4.78, 5) is 13.4. The molecule has 0 aromatic heterocycles. The largest absolute Gasteiger partial charge is 0.346 e. The summed E-state index contributed by atoms with van der Waals surface area (Å²) in [6, 6.07) is 7.45. The highest BCUT2D eigenvalue weighted by atomic mass is 79.9. The molecule has 0 aliphatic carbocycles. The number of carbonyl (C=O) groups is 1. The first-order valence-electron chi connectivity index (χ1n) is 6.13. The Morgan fingerprint density at radius 2 is 1.88 bits per heavy atom. The van der Waals surface area contributed by atoms with E-state index in [2.05, 4.69) is 21.2 Å². The number of hydrogen-bond donors (Lipinski definition) is 2. The SMILES string of the molecule is O=C(NCC[NH+]1CCCC1)c1ccc(Br)cc1. The molecule has 92 valence electrons. The molecule has 1 aliphatic heterocycles. The van der Waals surface area contributed by atoms with E-state index in [1.165, 1.54) is 25.9 Å². The molecule has 1 fully saturated rings. The number of hydrogen-bond acceptors (Lipinski definition) is 1. The number of carbonyl (C=O) groups excluding carboxylic acids is 1. The van der Waals surface area contributed by atoms with Crippen LogP contribution in [0, 0.1) is 0 Å². The number of rotatable bonds is 4. The minimum absolute atomic E-state index is 0.0242. The van der Waals surface area contributed by atoms with Gasteiger partial charge < -0.3 is 10.2 Å².